The molecular weight excluding hydrogens is 501 g/mol. The van der Waals surface area contributed by atoms with Crippen LogP contribution in [0.25, 0.3) is 6.08 Å². The molecule has 210 valence electrons. The molecular formula is C37H42BNO2. The summed E-state index contributed by atoms with van der Waals surface area (Å²) in [7, 11) is 5.62. The molecule has 2 aliphatic rings. The first-order valence-corrected chi connectivity index (χ1v) is 14.8. The number of hydrogen-bond donors (Lipinski definition) is 0. The zero-order valence-electron chi connectivity index (χ0n) is 25.2. The van der Waals surface area contributed by atoms with Crippen LogP contribution in [0, 0.1) is 11.8 Å². The summed E-state index contributed by atoms with van der Waals surface area (Å²) in [4.78, 5) is 30.3. The van der Waals surface area contributed by atoms with E-state index < -0.39 is 0 Å². The smallest absolute Gasteiger partial charge is 0.170 e. The minimum atomic E-state index is -0.294. The third-order valence-corrected chi connectivity index (χ3v) is 7.87. The van der Waals surface area contributed by atoms with E-state index in [2.05, 4.69) is 37.8 Å². The van der Waals surface area contributed by atoms with Crippen molar-refractivity contribution in [3.05, 3.63) is 119 Å². The molecule has 1 aliphatic heterocycles. The van der Waals surface area contributed by atoms with Gasteiger partial charge in [-0.3, -0.25) is 14.6 Å². The maximum absolute atomic E-state index is 13.6. The minimum Gasteiger partial charge on any atom is -0.300 e. The summed E-state index contributed by atoms with van der Waals surface area (Å²) < 4.78 is 0. The zero-order valence-corrected chi connectivity index (χ0v) is 25.2. The lowest BCUT2D eigenvalue weighted by Crippen LogP contribution is -2.36. The van der Waals surface area contributed by atoms with Crippen LogP contribution in [-0.4, -0.2) is 25.1 Å². The van der Waals surface area contributed by atoms with Crippen LogP contribution in [0.4, 0.5) is 0 Å². The molecule has 0 fully saturated rings. The predicted octanol–water partition coefficient (Wildman–Crippen LogP) is 7.83. The van der Waals surface area contributed by atoms with E-state index in [1.54, 1.807) is 6.92 Å². The Morgan fingerprint density at radius 1 is 1.02 bits per heavy atom. The lowest BCUT2D eigenvalue weighted by Gasteiger charge is -2.34. The van der Waals surface area contributed by atoms with Gasteiger partial charge in [-0.25, -0.2) is 0 Å². The van der Waals surface area contributed by atoms with E-state index in [1.807, 2.05) is 81.4 Å². The Labute approximate surface area is 247 Å². The monoisotopic (exact) mass is 543 g/mol. The predicted molar refractivity (Wildman–Crippen MR) is 174 cm³/mol. The van der Waals surface area contributed by atoms with Crippen molar-refractivity contribution in [2.45, 2.75) is 66.2 Å². The van der Waals surface area contributed by atoms with Crippen molar-refractivity contribution in [3.63, 3.8) is 0 Å². The van der Waals surface area contributed by atoms with Crippen LogP contribution in [0.15, 0.2) is 102 Å². The quantitative estimate of drug-likeness (QED) is 0.298. The number of hydrogen-bond acceptors (Lipinski definition) is 3. The molecule has 4 heteroatoms. The Hall–Kier alpha value is -3.79. The standard InChI is InChI=1S/C25H25NO2.C10H11B.C2H6/c1-16-23(25(28)21-14-13-20(17(2)27)15-22(21)26-16)24(18-9-5-3-6-10-18)19-11-7-4-8-12-19;1-3-8-5-6-10(11)7-9(8)4-2;1-2/h3-12,20,23-24H,13-15H2,1-2H3;3,5-7H,1,4H2,2H3;1-2H3. The first-order valence-electron chi connectivity index (χ1n) is 14.8. The summed E-state index contributed by atoms with van der Waals surface area (Å²) in [6.07, 6.45) is 4.87. The number of rotatable bonds is 6. The van der Waals surface area contributed by atoms with Crippen molar-refractivity contribution in [1.82, 2.24) is 0 Å². The molecule has 0 spiro atoms. The SMILES string of the molecule is CC.CC(=O)C1CCC2=C(C1)N=C(C)C(C(c1ccccc1)c1ccccc1)C2=O.[B]c1ccc(C=C)c(CC)c1. The topological polar surface area (TPSA) is 46.5 Å². The van der Waals surface area contributed by atoms with Gasteiger partial charge in [0, 0.05) is 28.8 Å². The van der Waals surface area contributed by atoms with Gasteiger partial charge in [0.2, 0.25) is 0 Å². The van der Waals surface area contributed by atoms with Crippen molar-refractivity contribution >= 4 is 36.7 Å². The molecule has 0 saturated carbocycles. The first kappa shape index (κ1) is 31.7. The van der Waals surface area contributed by atoms with Gasteiger partial charge < -0.3 is 0 Å². The van der Waals surface area contributed by atoms with Crippen LogP contribution in [0.5, 0.6) is 0 Å². The molecule has 3 nitrogen and oxygen atoms in total. The summed E-state index contributed by atoms with van der Waals surface area (Å²) >= 11 is 0. The number of allylic oxidation sites excluding steroid dienone is 2. The molecule has 2 radical (unpaired) electrons. The van der Waals surface area contributed by atoms with Crippen LogP contribution < -0.4 is 5.46 Å². The summed E-state index contributed by atoms with van der Waals surface area (Å²) in [5.74, 6) is 0.0250. The van der Waals surface area contributed by atoms with Crippen LogP contribution in [-0.2, 0) is 16.0 Å². The summed E-state index contributed by atoms with van der Waals surface area (Å²) in [5.41, 5.74) is 8.06. The van der Waals surface area contributed by atoms with E-state index in [-0.39, 0.29) is 29.3 Å². The van der Waals surface area contributed by atoms with Crippen molar-refractivity contribution in [2.75, 3.05) is 0 Å². The van der Waals surface area contributed by atoms with Gasteiger partial charge in [-0.05, 0) is 61.8 Å². The highest BCUT2D eigenvalue weighted by Gasteiger charge is 2.40. The van der Waals surface area contributed by atoms with E-state index in [9.17, 15) is 9.59 Å². The summed E-state index contributed by atoms with van der Waals surface area (Å²) in [5, 5.41) is 0. The van der Waals surface area contributed by atoms with Gasteiger partial charge >= 0.3 is 0 Å². The minimum absolute atomic E-state index is 0.00121. The second-order valence-corrected chi connectivity index (χ2v) is 10.4. The third-order valence-electron chi connectivity index (χ3n) is 7.87. The normalized spacial score (nSPS) is 17.8. The fourth-order valence-corrected chi connectivity index (χ4v) is 5.73. The Morgan fingerprint density at radius 3 is 2.12 bits per heavy atom. The van der Waals surface area contributed by atoms with Crippen LogP contribution in [0.3, 0.4) is 0 Å². The molecule has 1 aliphatic carbocycles. The molecule has 2 atom stereocenters. The molecule has 0 bridgehead atoms. The molecule has 0 saturated heterocycles. The van der Waals surface area contributed by atoms with Gasteiger partial charge in [0.15, 0.2) is 5.78 Å². The van der Waals surface area contributed by atoms with E-state index in [1.165, 1.54) is 11.1 Å². The van der Waals surface area contributed by atoms with Gasteiger partial charge in [0.1, 0.15) is 13.6 Å². The second kappa shape index (κ2) is 15.3. The van der Waals surface area contributed by atoms with E-state index in [4.69, 9.17) is 12.8 Å². The average Bonchev–Trinajstić information content (AvgIpc) is 3.01. The Morgan fingerprint density at radius 2 is 1.61 bits per heavy atom. The number of carbonyl (C=O) groups excluding carboxylic acids is 2. The van der Waals surface area contributed by atoms with Gasteiger partial charge in [-0.2, -0.15) is 0 Å². The molecule has 41 heavy (non-hydrogen) atoms. The molecule has 0 amide bonds. The number of aliphatic imine (C=N–C) groups is 1. The number of nitrogens with zero attached hydrogens (tertiary/aromatic N) is 1. The van der Waals surface area contributed by atoms with Crippen molar-refractivity contribution in [3.8, 4) is 0 Å². The maximum atomic E-state index is 13.6. The van der Waals surface area contributed by atoms with E-state index in [0.717, 1.165) is 46.4 Å². The number of aryl methyl sites for hydroxylation is 1. The molecule has 0 N–H and O–H groups in total. The molecule has 3 aromatic carbocycles. The first-order chi connectivity index (χ1) is 19.8. The van der Waals surface area contributed by atoms with Gasteiger partial charge in [-0.1, -0.05) is 118 Å². The average molecular weight is 544 g/mol. The highest BCUT2D eigenvalue weighted by atomic mass is 16.1. The zero-order chi connectivity index (χ0) is 29.9. The van der Waals surface area contributed by atoms with Gasteiger partial charge in [-0.15, -0.1) is 0 Å². The molecule has 3 aromatic rings. The molecule has 2 unspecified atom stereocenters. The fourth-order valence-electron chi connectivity index (χ4n) is 5.73. The van der Waals surface area contributed by atoms with Crippen molar-refractivity contribution in [1.29, 1.82) is 0 Å². The number of carbonyl (C=O) groups is 2. The fraction of sp³-hybridized carbons (Fsp3) is 0.324. The Bertz CT molecular complexity index is 1370. The second-order valence-electron chi connectivity index (χ2n) is 10.4. The Balaban J connectivity index is 0.000000299. The van der Waals surface area contributed by atoms with Gasteiger partial charge in [0.25, 0.3) is 0 Å². The molecule has 0 aromatic heterocycles. The third kappa shape index (κ3) is 7.70. The lowest BCUT2D eigenvalue weighted by molar-refractivity contribution is -0.122. The number of ketones is 2. The van der Waals surface area contributed by atoms with E-state index >= 15 is 0 Å². The number of Topliss-reactive ketones (excluding diaryl/α,β-unsaturated/α-hetero) is 2. The molecule has 5 rings (SSSR count). The van der Waals surface area contributed by atoms with Crippen LogP contribution in [0.2, 0.25) is 0 Å². The highest BCUT2D eigenvalue weighted by molar-refractivity contribution is 6.32. The maximum Gasteiger partial charge on any atom is 0.170 e. The Kier molecular flexibility index (Phi) is 11.8. The highest BCUT2D eigenvalue weighted by Crippen LogP contribution is 2.42. The van der Waals surface area contributed by atoms with Crippen molar-refractivity contribution < 1.29 is 9.59 Å². The summed E-state index contributed by atoms with van der Waals surface area (Å²) in [6.45, 7) is 13.4. The summed E-state index contributed by atoms with van der Waals surface area (Å²) in [6, 6.07) is 26.3. The van der Waals surface area contributed by atoms with E-state index in [0.29, 0.717) is 12.8 Å². The molecule has 1 heterocycles. The van der Waals surface area contributed by atoms with Crippen LogP contribution >= 0.6 is 0 Å². The van der Waals surface area contributed by atoms with Gasteiger partial charge in [0.05, 0.1) is 5.92 Å². The largest absolute Gasteiger partial charge is 0.300 e. The number of benzene rings is 3. The lowest BCUT2D eigenvalue weighted by atomic mass is 9.71. The van der Waals surface area contributed by atoms with Crippen molar-refractivity contribution in [2.24, 2.45) is 16.8 Å². The van der Waals surface area contributed by atoms with Crippen LogP contribution in [0.1, 0.15) is 82.1 Å².